The number of rotatable bonds is 5. The van der Waals surface area contributed by atoms with Gasteiger partial charge in [0.15, 0.2) is 0 Å². The van der Waals surface area contributed by atoms with Gasteiger partial charge in [-0.1, -0.05) is 29.8 Å². The van der Waals surface area contributed by atoms with Crippen molar-refractivity contribution in [1.82, 2.24) is 14.7 Å². The predicted molar refractivity (Wildman–Crippen MR) is 83.2 cm³/mol. The molecule has 0 radical (unpaired) electrons. The summed E-state index contributed by atoms with van der Waals surface area (Å²) in [6.07, 6.45) is 5.42. The van der Waals surface area contributed by atoms with Gasteiger partial charge in [0.1, 0.15) is 0 Å². The van der Waals surface area contributed by atoms with Crippen molar-refractivity contribution in [1.29, 1.82) is 0 Å². The molecule has 1 saturated heterocycles. The van der Waals surface area contributed by atoms with E-state index in [0.29, 0.717) is 19.1 Å². The monoisotopic (exact) mass is 305 g/mol. The topological polar surface area (TPSA) is 41.3 Å². The first-order chi connectivity index (χ1) is 10.2. The van der Waals surface area contributed by atoms with Gasteiger partial charge in [0.2, 0.25) is 0 Å². The summed E-state index contributed by atoms with van der Waals surface area (Å²) in [7, 11) is 0. The Bertz CT molecular complexity index is 573. The van der Waals surface area contributed by atoms with Crippen LogP contribution in [0.3, 0.4) is 0 Å². The molecule has 3 rings (SSSR count). The van der Waals surface area contributed by atoms with Crippen LogP contribution >= 0.6 is 11.6 Å². The zero-order valence-electron chi connectivity index (χ0n) is 11.9. The van der Waals surface area contributed by atoms with Gasteiger partial charge < -0.3 is 5.11 Å². The van der Waals surface area contributed by atoms with Crippen molar-refractivity contribution in [2.75, 3.05) is 13.1 Å². The summed E-state index contributed by atoms with van der Waals surface area (Å²) in [6, 6.07) is 10.2. The fourth-order valence-corrected chi connectivity index (χ4v) is 3.36. The van der Waals surface area contributed by atoms with E-state index in [0.717, 1.165) is 24.4 Å². The Kier molecular flexibility index (Phi) is 4.58. The molecule has 0 aliphatic carbocycles. The van der Waals surface area contributed by atoms with Gasteiger partial charge in [0.05, 0.1) is 12.6 Å². The van der Waals surface area contributed by atoms with Crippen molar-refractivity contribution in [3.05, 3.63) is 53.3 Å². The molecule has 112 valence electrons. The molecular formula is C16H20ClN3O. The van der Waals surface area contributed by atoms with Crippen LogP contribution in [0.25, 0.3) is 0 Å². The summed E-state index contributed by atoms with van der Waals surface area (Å²) in [6.45, 7) is 2.18. The average molecular weight is 306 g/mol. The molecule has 2 heterocycles. The average Bonchev–Trinajstić information content (AvgIpc) is 3.11. The molecule has 0 unspecified atom stereocenters. The highest BCUT2D eigenvalue weighted by Crippen LogP contribution is 2.35. The van der Waals surface area contributed by atoms with E-state index in [2.05, 4.69) is 16.1 Å². The van der Waals surface area contributed by atoms with Crippen molar-refractivity contribution in [2.45, 2.75) is 31.5 Å². The Morgan fingerprint density at radius 2 is 2.14 bits per heavy atom. The molecule has 1 aromatic carbocycles. The fraction of sp³-hybridized carbons (Fsp3) is 0.438. The van der Waals surface area contributed by atoms with Crippen LogP contribution in [0.2, 0.25) is 5.02 Å². The first kappa shape index (κ1) is 14.6. The lowest BCUT2D eigenvalue weighted by atomic mass is 10.0. The summed E-state index contributed by atoms with van der Waals surface area (Å²) in [5.74, 6) is 0. The maximum atomic E-state index is 10.3. The second-order valence-electron chi connectivity index (χ2n) is 5.56. The summed E-state index contributed by atoms with van der Waals surface area (Å²) >= 11 is 6.32. The minimum Gasteiger partial charge on any atom is -0.390 e. The number of benzene rings is 1. The highest BCUT2D eigenvalue weighted by Gasteiger charge is 2.28. The van der Waals surface area contributed by atoms with Gasteiger partial charge in [0.25, 0.3) is 0 Å². The molecule has 0 saturated carbocycles. The summed E-state index contributed by atoms with van der Waals surface area (Å²) in [5, 5.41) is 15.2. The Labute approximate surface area is 130 Å². The van der Waals surface area contributed by atoms with Crippen LogP contribution in [0.1, 0.15) is 24.4 Å². The molecule has 0 amide bonds. The minimum atomic E-state index is -0.423. The zero-order valence-corrected chi connectivity index (χ0v) is 12.7. The molecule has 0 bridgehead atoms. The molecule has 21 heavy (non-hydrogen) atoms. The molecule has 1 aliphatic heterocycles. The third kappa shape index (κ3) is 3.46. The maximum Gasteiger partial charge on any atom is 0.0862 e. The van der Waals surface area contributed by atoms with E-state index >= 15 is 0 Å². The Morgan fingerprint density at radius 3 is 2.90 bits per heavy atom. The van der Waals surface area contributed by atoms with E-state index in [1.54, 1.807) is 10.9 Å². The van der Waals surface area contributed by atoms with E-state index in [1.165, 1.54) is 5.56 Å². The van der Waals surface area contributed by atoms with Crippen LogP contribution in [0, 0.1) is 0 Å². The Hall–Kier alpha value is -1.36. The first-order valence-corrected chi connectivity index (χ1v) is 7.76. The molecular weight excluding hydrogens is 286 g/mol. The number of aromatic nitrogens is 2. The van der Waals surface area contributed by atoms with E-state index in [-0.39, 0.29) is 0 Å². The minimum absolute atomic E-state index is 0.311. The highest BCUT2D eigenvalue weighted by molar-refractivity contribution is 6.31. The van der Waals surface area contributed by atoms with E-state index in [1.807, 2.05) is 30.5 Å². The fourth-order valence-electron chi connectivity index (χ4n) is 3.10. The molecule has 1 fully saturated rings. The SMILES string of the molecule is O[C@@H](CN1CCC[C@@H]1c1ccccc1Cl)Cn1cccn1. The van der Waals surface area contributed by atoms with Crippen LogP contribution < -0.4 is 0 Å². The zero-order chi connectivity index (χ0) is 14.7. The van der Waals surface area contributed by atoms with Gasteiger partial charge in [0, 0.05) is 30.0 Å². The number of aliphatic hydroxyl groups is 1. The molecule has 1 aliphatic rings. The van der Waals surface area contributed by atoms with Gasteiger partial charge in [-0.15, -0.1) is 0 Å². The van der Waals surface area contributed by atoms with Crippen LogP contribution in [0.4, 0.5) is 0 Å². The highest BCUT2D eigenvalue weighted by atomic mass is 35.5. The number of β-amino-alcohol motifs (C(OH)–C–C–N with tert-alkyl or cyclic N) is 1. The smallest absolute Gasteiger partial charge is 0.0862 e. The van der Waals surface area contributed by atoms with Gasteiger partial charge in [-0.25, -0.2) is 0 Å². The van der Waals surface area contributed by atoms with Gasteiger partial charge in [-0.2, -0.15) is 5.10 Å². The van der Waals surface area contributed by atoms with Gasteiger partial charge in [-0.05, 0) is 37.1 Å². The van der Waals surface area contributed by atoms with Crippen LogP contribution in [-0.2, 0) is 6.54 Å². The Balaban J connectivity index is 1.65. The number of likely N-dealkylation sites (tertiary alicyclic amines) is 1. The quantitative estimate of drug-likeness (QED) is 0.923. The maximum absolute atomic E-state index is 10.3. The third-order valence-corrected chi connectivity index (χ3v) is 4.37. The van der Waals surface area contributed by atoms with E-state index in [9.17, 15) is 5.11 Å². The molecule has 1 N–H and O–H groups in total. The number of hydrogen-bond donors (Lipinski definition) is 1. The lowest BCUT2D eigenvalue weighted by molar-refractivity contribution is 0.0891. The molecule has 5 heteroatoms. The Morgan fingerprint density at radius 1 is 1.29 bits per heavy atom. The predicted octanol–water partition coefficient (Wildman–Crippen LogP) is 2.73. The second kappa shape index (κ2) is 6.60. The first-order valence-electron chi connectivity index (χ1n) is 7.38. The summed E-state index contributed by atoms with van der Waals surface area (Å²) in [5.41, 5.74) is 1.17. The largest absolute Gasteiger partial charge is 0.390 e. The van der Waals surface area contributed by atoms with Gasteiger partial charge in [-0.3, -0.25) is 9.58 Å². The van der Waals surface area contributed by atoms with E-state index < -0.39 is 6.10 Å². The molecule has 2 aromatic rings. The lowest BCUT2D eigenvalue weighted by Gasteiger charge is -2.27. The number of hydrogen-bond acceptors (Lipinski definition) is 3. The van der Waals surface area contributed by atoms with Gasteiger partial charge >= 0.3 is 0 Å². The van der Waals surface area contributed by atoms with Crippen molar-refractivity contribution in [3.8, 4) is 0 Å². The molecule has 0 spiro atoms. The molecule has 2 atom stereocenters. The number of nitrogens with zero attached hydrogens (tertiary/aromatic N) is 3. The van der Waals surface area contributed by atoms with Crippen molar-refractivity contribution >= 4 is 11.6 Å². The van der Waals surface area contributed by atoms with Crippen LogP contribution in [0.5, 0.6) is 0 Å². The van der Waals surface area contributed by atoms with Crippen molar-refractivity contribution < 1.29 is 5.11 Å². The molecule has 4 nitrogen and oxygen atoms in total. The second-order valence-corrected chi connectivity index (χ2v) is 5.96. The summed E-state index contributed by atoms with van der Waals surface area (Å²) in [4.78, 5) is 2.33. The number of halogens is 1. The number of aliphatic hydroxyl groups excluding tert-OH is 1. The molecule has 1 aromatic heterocycles. The van der Waals surface area contributed by atoms with Crippen molar-refractivity contribution in [2.24, 2.45) is 0 Å². The normalized spacial score (nSPS) is 20.8. The van der Waals surface area contributed by atoms with Crippen molar-refractivity contribution in [3.63, 3.8) is 0 Å². The van der Waals surface area contributed by atoms with Crippen LogP contribution in [-0.4, -0.2) is 39.0 Å². The van der Waals surface area contributed by atoms with E-state index in [4.69, 9.17) is 11.6 Å². The third-order valence-electron chi connectivity index (χ3n) is 4.03. The van der Waals surface area contributed by atoms with Crippen LogP contribution in [0.15, 0.2) is 42.7 Å². The lowest BCUT2D eigenvalue weighted by Crippen LogP contribution is -2.34. The standard InChI is InChI=1S/C16H20ClN3O/c17-15-6-2-1-5-14(15)16-7-3-9-19(16)11-13(21)12-20-10-4-8-18-20/h1-2,4-6,8,10,13,16,21H,3,7,9,11-12H2/t13-,16+/m0/s1. The summed E-state index contributed by atoms with van der Waals surface area (Å²) < 4.78 is 1.77.